The Balaban J connectivity index is 1.24. The molecule has 0 aliphatic carbocycles. The van der Waals surface area contributed by atoms with Gasteiger partial charge in [-0.3, -0.25) is 4.79 Å². The van der Waals surface area contributed by atoms with Crippen LogP contribution in [0.4, 0.5) is 0 Å². The molecule has 1 aliphatic rings. The number of hydrogen-bond donors (Lipinski definition) is 1. The molecule has 4 rings (SSSR count). The van der Waals surface area contributed by atoms with E-state index >= 15 is 0 Å². The number of carbonyl (C=O) groups excluding carboxylic acids is 1. The van der Waals surface area contributed by atoms with Crippen molar-refractivity contribution in [1.82, 2.24) is 5.43 Å². The fraction of sp³-hybridized carbons (Fsp3) is 0.231. The average Bonchev–Trinajstić information content (AvgIpc) is 3.42. The molecule has 3 aromatic carbocycles. The molecule has 1 amide bonds. The van der Waals surface area contributed by atoms with Gasteiger partial charge in [0.25, 0.3) is 5.91 Å². The highest BCUT2D eigenvalue weighted by atomic mass is 32.2. The lowest BCUT2D eigenvalue weighted by Crippen LogP contribution is -2.24. The van der Waals surface area contributed by atoms with Gasteiger partial charge in [0.2, 0.25) is 0 Å². The van der Waals surface area contributed by atoms with Crippen LogP contribution >= 0.6 is 23.5 Å². The Morgan fingerprint density at radius 2 is 1.76 bits per heavy atom. The molecule has 0 saturated carbocycles. The van der Waals surface area contributed by atoms with E-state index in [2.05, 4.69) is 22.7 Å². The number of ether oxygens (including phenoxy) is 3. The van der Waals surface area contributed by atoms with Crippen LogP contribution < -0.4 is 19.6 Å². The lowest BCUT2D eigenvalue weighted by molar-refractivity contribution is -0.123. The summed E-state index contributed by atoms with van der Waals surface area (Å²) in [4.78, 5) is 12.1. The first-order chi connectivity index (χ1) is 16.7. The van der Waals surface area contributed by atoms with Gasteiger partial charge in [0, 0.05) is 11.5 Å². The van der Waals surface area contributed by atoms with Gasteiger partial charge < -0.3 is 14.2 Å². The molecule has 1 aliphatic heterocycles. The molecule has 0 atom stereocenters. The summed E-state index contributed by atoms with van der Waals surface area (Å²) in [7, 11) is 1.59. The molecular weight excluding hydrogens is 468 g/mol. The average molecular weight is 495 g/mol. The van der Waals surface area contributed by atoms with Crippen molar-refractivity contribution in [2.24, 2.45) is 5.10 Å². The Bertz CT molecular complexity index is 1100. The van der Waals surface area contributed by atoms with E-state index in [-0.39, 0.29) is 12.5 Å². The zero-order chi connectivity index (χ0) is 23.6. The molecule has 0 radical (unpaired) electrons. The molecule has 8 heteroatoms. The first-order valence-electron chi connectivity index (χ1n) is 10.8. The maximum absolute atomic E-state index is 12.1. The number of hydrazone groups is 1. The van der Waals surface area contributed by atoms with Gasteiger partial charge in [-0.25, -0.2) is 5.43 Å². The number of amides is 1. The van der Waals surface area contributed by atoms with Gasteiger partial charge >= 0.3 is 0 Å². The Labute approximate surface area is 208 Å². The van der Waals surface area contributed by atoms with Crippen molar-refractivity contribution in [2.75, 3.05) is 25.2 Å². The maximum Gasteiger partial charge on any atom is 0.277 e. The number of benzene rings is 3. The van der Waals surface area contributed by atoms with Crippen molar-refractivity contribution in [3.63, 3.8) is 0 Å². The number of hydrogen-bond acceptors (Lipinski definition) is 7. The van der Waals surface area contributed by atoms with Crippen LogP contribution in [0.15, 0.2) is 77.9 Å². The van der Waals surface area contributed by atoms with Gasteiger partial charge in [-0.05, 0) is 47.0 Å². The highest BCUT2D eigenvalue weighted by Crippen LogP contribution is 2.45. The third kappa shape index (κ3) is 6.95. The normalized spacial score (nSPS) is 13.7. The van der Waals surface area contributed by atoms with Crippen LogP contribution in [0.2, 0.25) is 0 Å². The summed E-state index contributed by atoms with van der Waals surface area (Å²) in [6.07, 6.45) is 1.55. The van der Waals surface area contributed by atoms with E-state index in [1.54, 1.807) is 19.4 Å². The van der Waals surface area contributed by atoms with Gasteiger partial charge in [0.15, 0.2) is 18.1 Å². The number of methoxy groups -OCH3 is 1. The van der Waals surface area contributed by atoms with Crippen LogP contribution in [0.5, 0.6) is 17.2 Å². The first kappa shape index (κ1) is 24.0. The van der Waals surface area contributed by atoms with Crippen molar-refractivity contribution in [3.8, 4) is 17.2 Å². The molecule has 1 N–H and O–H groups in total. The molecule has 6 nitrogen and oxygen atoms in total. The van der Waals surface area contributed by atoms with Crippen molar-refractivity contribution in [3.05, 3.63) is 89.5 Å². The molecule has 0 spiro atoms. The number of nitrogens with one attached hydrogen (secondary N) is 1. The third-order valence-corrected chi connectivity index (χ3v) is 8.08. The van der Waals surface area contributed by atoms with E-state index < -0.39 is 0 Å². The molecule has 1 fully saturated rings. The number of rotatable bonds is 10. The summed E-state index contributed by atoms with van der Waals surface area (Å²) >= 11 is 3.92. The van der Waals surface area contributed by atoms with E-state index in [4.69, 9.17) is 14.2 Å². The standard InChI is InChI=1S/C26H26N2O4S2/c1-30-24-15-20(7-12-23(24)32-17-19-5-3-2-4-6-19)16-27-28-25(29)18-31-22-10-8-21(9-11-22)26-33-13-14-34-26/h2-12,15-16,26H,13-14,17-18H2,1H3,(H,28,29)/b27-16-. The molecule has 0 aromatic heterocycles. The van der Waals surface area contributed by atoms with Crippen LogP contribution in [0.3, 0.4) is 0 Å². The first-order valence-corrected chi connectivity index (χ1v) is 12.9. The van der Waals surface area contributed by atoms with E-state index in [0.717, 1.165) is 11.1 Å². The predicted molar refractivity (Wildman–Crippen MR) is 139 cm³/mol. The largest absolute Gasteiger partial charge is 0.493 e. The lowest BCUT2D eigenvalue weighted by Gasteiger charge is -2.11. The van der Waals surface area contributed by atoms with E-state index in [9.17, 15) is 4.79 Å². The monoisotopic (exact) mass is 494 g/mol. The predicted octanol–water partition coefficient (Wildman–Crippen LogP) is 5.28. The lowest BCUT2D eigenvalue weighted by atomic mass is 10.2. The minimum atomic E-state index is -0.336. The SMILES string of the molecule is COc1cc(/C=N\NC(=O)COc2ccc(C3SCCS3)cc2)ccc1OCc1ccccc1. The van der Waals surface area contributed by atoms with Crippen LogP contribution in [0, 0.1) is 0 Å². The summed E-state index contributed by atoms with van der Waals surface area (Å²) < 4.78 is 17.4. The zero-order valence-corrected chi connectivity index (χ0v) is 20.4. The van der Waals surface area contributed by atoms with Crippen molar-refractivity contribution in [2.45, 2.75) is 11.2 Å². The molecule has 0 unspecified atom stereocenters. The molecule has 176 valence electrons. The second kappa shape index (κ2) is 12.4. The highest BCUT2D eigenvalue weighted by molar-refractivity contribution is 8.19. The molecule has 1 heterocycles. The molecule has 3 aromatic rings. The molecule has 34 heavy (non-hydrogen) atoms. The van der Waals surface area contributed by atoms with Gasteiger partial charge in [0.1, 0.15) is 12.4 Å². The molecule has 1 saturated heterocycles. The smallest absolute Gasteiger partial charge is 0.277 e. The zero-order valence-electron chi connectivity index (χ0n) is 18.8. The summed E-state index contributed by atoms with van der Waals surface area (Å²) in [6.45, 7) is 0.334. The van der Waals surface area contributed by atoms with Gasteiger partial charge in [-0.15, -0.1) is 23.5 Å². The van der Waals surface area contributed by atoms with Gasteiger partial charge in [0.05, 0.1) is 17.9 Å². The Morgan fingerprint density at radius 1 is 1.00 bits per heavy atom. The van der Waals surface area contributed by atoms with Gasteiger partial charge in [-0.2, -0.15) is 5.10 Å². The minimum Gasteiger partial charge on any atom is -0.493 e. The Morgan fingerprint density at radius 3 is 2.50 bits per heavy atom. The fourth-order valence-corrected chi connectivity index (χ4v) is 6.11. The van der Waals surface area contributed by atoms with Crippen molar-refractivity contribution in [1.29, 1.82) is 0 Å². The second-order valence-corrected chi connectivity index (χ2v) is 10.1. The van der Waals surface area contributed by atoms with E-state index in [1.165, 1.54) is 17.1 Å². The van der Waals surface area contributed by atoms with E-state index in [0.29, 0.717) is 28.4 Å². The topological polar surface area (TPSA) is 69.2 Å². The number of thioether (sulfide) groups is 2. The fourth-order valence-electron chi connectivity index (χ4n) is 3.25. The van der Waals surface area contributed by atoms with Crippen LogP contribution in [-0.4, -0.2) is 37.3 Å². The van der Waals surface area contributed by atoms with Crippen molar-refractivity contribution >= 4 is 35.6 Å². The maximum atomic E-state index is 12.1. The Hall–Kier alpha value is -3.10. The quantitative estimate of drug-likeness (QED) is 0.305. The summed E-state index contributed by atoms with van der Waals surface area (Å²) in [6, 6.07) is 23.3. The summed E-state index contributed by atoms with van der Waals surface area (Å²) in [5.41, 5.74) is 5.60. The highest BCUT2D eigenvalue weighted by Gasteiger charge is 2.18. The minimum absolute atomic E-state index is 0.112. The Kier molecular flexibility index (Phi) is 8.76. The van der Waals surface area contributed by atoms with Crippen molar-refractivity contribution < 1.29 is 19.0 Å². The number of nitrogens with zero attached hydrogens (tertiary/aromatic N) is 1. The van der Waals surface area contributed by atoms with Gasteiger partial charge in [-0.1, -0.05) is 42.5 Å². The number of carbonyl (C=O) groups is 1. The van der Waals surface area contributed by atoms with Crippen LogP contribution in [0.1, 0.15) is 21.3 Å². The summed E-state index contributed by atoms with van der Waals surface area (Å²) in [5, 5.41) is 4.01. The third-order valence-electron chi connectivity index (χ3n) is 4.97. The molecule has 0 bridgehead atoms. The molecular formula is C26H26N2O4S2. The van der Waals surface area contributed by atoms with Crippen LogP contribution in [0.25, 0.3) is 0 Å². The van der Waals surface area contributed by atoms with Crippen LogP contribution in [-0.2, 0) is 11.4 Å². The summed E-state index contributed by atoms with van der Waals surface area (Å²) in [5.74, 6) is 3.92. The van der Waals surface area contributed by atoms with E-state index in [1.807, 2.05) is 78.1 Å². The second-order valence-electron chi connectivity index (χ2n) is 7.41.